The van der Waals surface area contributed by atoms with Gasteiger partial charge in [-0.05, 0) is 0 Å². The Balaban J connectivity index is 2.74. The van der Waals surface area contributed by atoms with Crippen LogP contribution in [0.2, 0.25) is 0 Å². The van der Waals surface area contributed by atoms with Crippen LogP contribution in [0.3, 0.4) is 0 Å². The molecule has 13 heavy (non-hydrogen) atoms. The third-order valence-corrected chi connectivity index (χ3v) is 1.50. The molecule has 1 amide bonds. The largest absolute Gasteiger partial charge is 0.484 e. The third-order valence-electron chi connectivity index (χ3n) is 1.50. The Kier molecular flexibility index (Phi) is 2.73. The molecule has 1 aliphatic rings. The molecule has 0 aromatic rings. The molecule has 0 atom stereocenters. The number of esters is 1. The molecule has 0 saturated carbocycles. The van der Waals surface area contributed by atoms with E-state index >= 15 is 0 Å². The normalized spacial score (nSPS) is 15.8. The molecule has 1 N–H and O–H groups in total. The van der Waals surface area contributed by atoms with E-state index in [4.69, 9.17) is 9.84 Å². The Bertz CT molecular complexity index is 260. The standard InChI is InChI=1S/C7H9NO5/c1-12-6(9)5-4-8(7(10)11)2-3-13-5/h4H,2-3H2,1H3,(H,10,11). The molecule has 0 radical (unpaired) electrons. The van der Waals surface area contributed by atoms with Crippen LogP contribution in [-0.2, 0) is 14.3 Å². The number of nitrogens with zero attached hydrogens (tertiary/aromatic N) is 1. The van der Waals surface area contributed by atoms with Crippen molar-refractivity contribution in [3.05, 3.63) is 12.0 Å². The molecule has 1 rings (SSSR count). The third kappa shape index (κ3) is 2.11. The number of carboxylic acid groups (broad SMARTS) is 1. The number of carbonyl (C=O) groups excluding carboxylic acids is 1. The van der Waals surface area contributed by atoms with Crippen molar-refractivity contribution in [2.24, 2.45) is 0 Å². The van der Waals surface area contributed by atoms with E-state index in [0.29, 0.717) is 0 Å². The van der Waals surface area contributed by atoms with Crippen molar-refractivity contribution in [3.63, 3.8) is 0 Å². The van der Waals surface area contributed by atoms with Crippen molar-refractivity contribution in [3.8, 4) is 0 Å². The minimum Gasteiger partial charge on any atom is -0.484 e. The second kappa shape index (κ2) is 3.79. The van der Waals surface area contributed by atoms with Gasteiger partial charge in [0.1, 0.15) is 6.61 Å². The number of hydrogen-bond acceptors (Lipinski definition) is 4. The molecule has 1 aliphatic heterocycles. The predicted octanol–water partition coefficient (Wildman–Crippen LogP) is 0.0110. The Morgan fingerprint density at radius 1 is 1.69 bits per heavy atom. The van der Waals surface area contributed by atoms with Gasteiger partial charge in [-0.15, -0.1) is 0 Å². The second-order valence-electron chi connectivity index (χ2n) is 2.31. The lowest BCUT2D eigenvalue weighted by Crippen LogP contribution is -2.33. The van der Waals surface area contributed by atoms with Gasteiger partial charge in [0.25, 0.3) is 0 Å². The van der Waals surface area contributed by atoms with E-state index < -0.39 is 12.1 Å². The Hall–Kier alpha value is -1.72. The average molecular weight is 187 g/mol. The van der Waals surface area contributed by atoms with Crippen LogP contribution in [0.25, 0.3) is 0 Å². The van der Waals surface area contributed by atoms with Crippen LogP contribution in [0.4, 0.5) is 4.79 Å². The van der Waals surface area contributed by atoms with E-state index in [1.165, 1.54) is 7.11 Å². The van der Waals surface area contributed by atoms with Crippen LogP contribution in [0, 0.1) is 0 Å². The first-order valence-corrected chi connectivity index (χ1v) is 3.57. The summed E-state index contributed by atoms with van der Waals surface area (Å²) in [5, 5.41) is 8.58. The van der Waals surface area contributed by atoms with Crippen molar-refractivity contribution in [2.75, 3.05) is 20.3 Å². The van der Waals surface area contributed by atoms with E-state index in [1.807, 2.05) is 0 Å². The number of rotatable bonds is 1. The van der Waals surface area contributed by atoms with E-state index in [2.05, 4.69) is 4.74 Å². The van der Waals surface area contributed by atoms with Crippen molar-refractivity contribution in [1.29, 1.82) is 0 Å². The number of ether oxygens (including phenoxy) is 2. The first-order valence-electron chi connectivity index (χ1n) is 3.57. The van der Waals surface area contributed by atoms with E-state index in [0.717, 1.165) is 11.1 Å². The highest BCUT2D eigenvalue weighted by Gasteiger charge is 2.21. The van der Waals surface area contributed by atoms with Gasteiger partial charge >= 0.3 is 12.1 Å². The maximum Gasteiger partial charge on any atom is 0.411 e. The molecule has 0 spiro atoms. The van der Waals surface area contributed by atoms with E-state index in [1.54, 1.807) is 0 Å². The monoisotopic (exact) mass is 187 g/mol. The summed E-state index contributed by atoms with van der Waals surface area (Å²) in [6.45, 7) is 0.378. The summed E-state index contributed by atoms with van der Waals surface area (Å²) in [5.41, 5.74) is 0. The number of amides is 1. The fourth-order valence-corrected chi connectivity index (χ4v) is 0.860. The quantitative estimate of drug-likeness (QED) is 0.585. The Morgan fingerprint density at radius 3 is 2.92 bits per heavy atom. The average Bonchev–Trinajstić information content (AvgIpc) is 2.17. The lowest BCUT2D eigenvalue weighted by molar-refractivity contribution is -0.140. The van der Waals surface area contributed by atoms with E-state index in [9.17, 15) is 9.59 Å². The maximum absolute atomic E-state index is 10.9. The van der Waals surface area contributed by atoms with Gasteiger partial charge in [0, 0.05) is 0 Å². The summed E-state index contributed by atoms with van der Waals surface area (Å²) in [6, 6.07) is 0. The minimum atomic E-state index is -1.12. The predicted molar refractivity (Wildman–Crippen MR) is 40.8 cm³/mol. The molecule has 0 saturated heterocycles. The van der Waals surface area contributed by atoms with Crippen molar-refractivity contribution in [1.82, 2.24) is 4.90 Å². The molecule has 1 heterocycles. The van der Waals surface area contributed by atoms with Gasteiger partial charge in [-0.2, -0.15) is 0 Å². The van der Waals surface area contributed by atoms with Crippen LogP contribution >= 0.6 is 0 Å². The maximum atomic E-state index is 10.9. The van der Waals surface area contributed by atoms with Gasteiger partial charge in [0.05, 0.1) is 19.9 Å². The molecule has 0 fully saturated rings. The molecule has 72 valence electrons. The summed E-state index contributed by atoms with van der Waals surface area (Å²) in [7, 11) is 1.20. The summed E-state index contributed by atoms with van der Waals surface area (Å²) in [4.78, 5) is 22.4. The van der Waals surface area contributed by atoms with Crippen molar-refractivity contribution < 1.29 is 24.2 Å². The molecule has 6 heteroatoms. The molecule has 6 nitrogen and oxygen atoms in total. The lowest BCUT2D eigenvalue weighted by atomic mass is 10.4. The Morgan fingerprint density at radius 2 is 2.38 bits per heavy atom. The van der Waals surface area contributed by atoms with Crippen LogP contribution in [0.5, 0.6) is 0 Å². The summed E-state index contributed by atoms with van der Waals surface area (Å²) < 4.78 is 9.26. The SMILES string of the molecule is COC(=O)C1=CN(C(=O)O)CCO1. The number of methoxy groups -OCH3 is 1. The molecule has 0 aliphatic carbocycles. The summed E-state index contributed by atoms with van der Waals surface area (Å²) >= 11 is 0. The second-order valence-corrected chi connectivity index (χ2v) is 2.31. The zero-order valence-electron chi connectivity index (χ0n) is 7.02. The smallest absolute Gasteiger partial charge is 0.411 e. The molecule has 0 bridgehead atoms. The van der Waals surface area contributed by atoms with Gasteiger partial charge in [0.2, 0.25) is 5.76 Å². The van der Waals surface area contributed by atoms with Gasteiger partial charge in [0.15, 0.2) is 0 Å². The van der Waals surface area contributed by atoms with Crippen molar-refractivity contribution in [2.45, 2.75) is 0 Å². The zero-order chi connectivity index (χ0) is 9.84. The first kappa shape index (κ1) is 9.37. The van der Waals surface area contributed by atoms with Crippen LogP contribution in [-0.4, -0.2) is 42.3 Å². The fourth-order valence-electron chi connectivity index (χ4n) is 0.860. The summed E-state index contributed by atoms with van der Waals surface area (Å²) in [5.74, 6) is -0.762. The number of hydrogen-bond donors (Lipinski definition) is 1. The highest BCUT2D eigenvalue weighted by Crippen LogP contribution is 2.08. The lowest BCUT2D eigenvalue weighted by Gasteiger charge is -2.21. The molecular weight excluding hydrogens is 178 g/mol. The van der Waals surface area contributed by atoms with Gasteiger partial charge in [-0.3, -0.25) is 4.90 Å². The summed E-state index contributed by atoms with van der Waals surface area (Å²) in [6.07, 6.45) is -0.0118. The van der Waals surface area contributed by atoms with E-state index in [-0.39, 0.29) is 18.9 Å². The molecule has 0 unspecified atom stereocenters. The number of carbonyl (C=O) groups is 2. The van der Waals surface area contributed by atoms with Crippen LogP contribution < -0.4 is 0 Å². The zero-order valence-corrected chi connectivity index (χ0v) is 7.02. The molecule has 0 aromatic carbocycles. The molecule has 0 aromatic heterocycles. The molecular formula is C7H9NO5. The minimum absolute atomic E-state index is 0.0869. The highest BCUT2D eigenvalue weighted by molar-refractivity contribution is 5.86. The van der Waals surface area contributed by atoms with Gasteiger partial charge in [-0.25, -0.2) is 9.59 Å². The topological polar surface area (TPSA) is 76.1 Å². The highest BCUT2D eigenvalue weighted by atomic mass is 16.6. The fraction of sp³-hybridized carbons (Fsp3) is 0.429. The van der Waals surface area contributed by atoms with Gasteiger partial charge in [-0.1, -0.05) is 0 Å². The Labute approximate surface area is 74.3 Å². The first-order chi connectivity index (χ1) is 6.15. The van der Waals surface area contributed by atoms with Crippen LogP contribution in [0.15, 0.2) is 12.0 Å². The van der Waals surface area contributed by atoms with Crippen LogP contribution in [0.1, 0.15) is 0 Å². The van der Waals surface area contributed by atoms with Gasteiger partial charge < -0.3 is 14.6 Å². The van der Waals surface area contributed by atoms with Crippen molar-refractivity contribution >= 4 is 12.1 Å².